The van der Waals surface area contributed by atoms with E-state index in [0.29, 0.717) is 5.90 Å². The zero-order valence-electron chi connectivity index (χ0n) is 13.5. The number of hydrogen-bond donors (Lipinski definition) is 0. The number of nitrogens with zero attached hydrogens (tertiary/aromatic N) is 2. The van der Waals surface area contributed by atoms with Crippen LogP contribution in [0.5, 0.6) is 0 Å². The van der Waals surface area contributed by atoms with Gasteiger partial charge in [-0.2, -0.15) is 0 Å². The maximum absolute atomic E-state index is 6.92. The molecule has 0 bridgehead atoms. The van der Waals surface area contributed by atoms with Crippen molar-refractivity contribution in [3.05, 3.63) is 35.9 Å². The molecule has 3 rings (SSSR count). The Kier molecular flexibility index (Phi) is 4.16. The van der Waals surface area contributed by atoms with Crippen molar-refractivity contribution in [2.45, 2.75) is 51.6 Å². The van der Waals surface area contributed by atoms with Crippen molar-refractivity contribution in [2.24, 2.45) is 5.10 Å². The van der Waals surface area contributed by atoms with Crippen LogP contribution in [-0.4, -0.2) is 29.4 Å². The summed E-state index contributed by atoms with van der Waals surface area (Å²) in [5.74, 6) is 0.678. The fraction of sp³-hybridized carbons (Fsp3) is 0.529. The van der Waals surface area contributed by atoms with Gasteiger partial charge in [0.15, 0.2) is 0 Å². The Morgan fingerprint density at radius 3 is 2.32 bits per heavy atom. The van der Waals surface area contributed by atoms with Gasteiger partial charge in [-0.3, -0.25) is 0 Å². The summed E-state index contributed by atoms with van der Waals surface area (Å²) >= 11 is 6.92. The van der Waals surface area contributed by atoms with E-state index in [2.05, 4.69) is 17.8 Å². The fourth-order valence-corrected chi connectivity index (χ4v) is 5.70. The standard InChI is InChI=1S/C17H25ClN2OSi/c1-22(2,18)14-20(16-12-8-3-4-9-13-16)19-17(21-22)15-10-6-5-7-11-15/h5-7,10-11H,3-4,8-9,12-14H2,1-2H3. The molecular formula is C17H25ClN2OSi. The van der Waals surface area contributed by atoms with E-state index in [4.69, 9.17) is 20.6 Å². The van der Waals surface area contributed by atoms with Gasteiger partial charge in [0.05, 0.1) is 0 Å². The van der Waals surface area contributed by atoms with Gasteiger partial charge in [-0.15, -0.1) is 0 Å². The maximum atomic E-state index is 6.92. The minimum absolute atomic E-state index is 0.678. The molecule has 1 heterocycles. The Balaban J connectivity index is 2.03. The van der Waals surface area contributed by atoms with Crippen LogP contribution in [0, 0.1) is 0 Å². The average Bonchev–Trinajstić information content (AvgIpc) is 2.75. The summed E-state index contributed by atoms with van der Waals surface area (Å²) in [7, 11) is 0. The summed E-state index contributed by atoms with van der Waals surface area (Å²) in [6.07, 6.45) is 8.18. The van der Waals surface area contributed by atoms with E-state index in [0.717, 1.165) is 24.6 Å². The fourth-order valence-electron chi connectivity index (χ4n) is 3.19. The molecule has 22 heavy (non-hydrogen) atoms. The van der Waals surface area contributed by atoms with Crippen molar-refractivity contribution >= 4 is 29.6 Å². The normalized spacial score (nSPS) is 26.1. The van der Waals surface area contributed by atoms with Crippen LogP contribution in [-0.2, 0) is 4.43 Å². The molecule has 0 aromatic heterocycles. The Hall–Kier alpha value is -1.13. The predicted octanol–water partition coefficient (Wildman–Crippen LogP) is 4.62. The van der Waals surface area contributed by atoms with Gasteiger partial charge in [-0.05, 0) is 0 Å². The van der Waals surface area contributed by atoms with E-state index in [9.17, 15) is 0 Å². The van der Waals surface area contributed by atoms with E-state index in [-0.39, 0.29) is 0 Å². The third-order valence-electron chi connectivity index (χ3n) is 4.28. The summed E-state index contributed by atoms with van der Waals surface area (Å²) in [6, 6.07) is 10.1. The second-order valence-corrected chi connectivity index (χ2v) is 16.0. The van der Waals surface area contributed by atoms with Crippen molar-refractivity contribution in [1.29, 1.82) is 0 Å². The molecule has 0 atom stereocenters. The quantitative estimate of drug-likeness (QED) is 0.318. The molecule has 0 N–H and O–H groups in total. The van der Waals surface area contributed by atoms with Crippen LogP contribution >= 0.6 is 11.1 Å². The summed E-state index contributed by atoms with van der Waals surface area (Å²) in [5, 5.41) is 4.80. The number of halogens is 1. The van der Waals surface area contributed by atoms with Crippen LogP contribution in [0.1, 0.15) is 44.1 Å². The van der Waals surface area contributed by atoms with Gasteiger partial charge >= 0.3 is 137 Å². The SMILES string of the molecule is C[Si-]1(C)(Cl)C[N+](=C2CCCCCC2)N=C(c2ccccc2)O1. The molecule has 1 aliphatic heterocycles. The van der Waals surface area contributed by atoms with E-state index in [1.807, 2.05) is 30.3 Å². The Morgan fingerprint density at radius 2 is 1.68 bits per heavy atom. The first-order chi connectivity index (χ1) is 10.4. The number of hydrazone groups is 1. The summed E-state index contributed by atoms with van der Waals surface area (Å²) < 4.78 is 8.38. The molecule has 1 aromatic rings. The third-order valence-corrected chi connectivity index (χ3v) is 6.87. The summed E-state index contributed by atoms with van der Waals surface area (Å²) in [4.78, 5) is 0. The van der Waals surface area contributed by atoms with Gasteiger partial charge in [0, 0.05) is 0 Å². The average molecular weight is 337 g/mol. The van der Waals surface area contributed by atoms with Crippen LogP contribution in [0.4, 0.5) is 0 Å². The van der Waals surface area contributed by atoms with Crippen molar-refractivity contribution in [2.75, 3.05) is 6.17 Å². The third kappa shape index (κ3) is 3.79. The van der Waals surface area contributed by atoms with Crippen molar-refractivity contribution in [3.8, 4) is 0 Å². The van der Waals surface area contributed by atoms with Gasteiger partial charge in [-0.1, -0.05) is 0 Å². The molecule has 0 spiro atoms. The molecule has 2 aliphatic rings. The first kappa shape index (κ1) is 15.8. The Bertz CT molecular complexity index is 607. The molecule has 3 nitrogen and oxygen atoms in total. The van der Waals surface area contributed by atoms with E-state index in [1.54, 1.807) is 0 Å². The monoisotopic (exact) mass is 336 g/mol. The van der Waals surface area contributed by atoms with Gasteiger partial charge < -0.3 is 0 Å². The van der Waals surface area contributed by atoms with E-state index < -0.39 is 6.90 Å². The molecular weight excluding hydrogens is 312 g/mol. The van der Waals surface area contributed by atoms with Crippen molar-refractivity contribution in [3.63, 3.8) is 0 Å². The van der Waals surface area contributed by atoms with E-state index in [1.165, 1.54) is 31.4 Å². The predicted molar refractivity (Wildman–Crippen MR) is 95.2 cm³/mol. The zero-order valence-corrected chi connectivity index (χ0v) is 15.3. The van der Waals surface area contributed by atoms with Crippen LogP contribution in [0.3, 0.4) is 0 Å². The van der Waals surface area contributed by atoms with E-state index >= 15 is 0 Å². The van der Waals surface area contributed by atoms with Gasteiger partial charge in [0.25, 0.3) is 0 Å². The van der Waals surface area contributed by atoms with Gasteiger partial charge in [0.1, 0.15) is 0 Å². The molecule has 1 fully saturated rings. The summed E-state index contributed by atoms with van der Waals surface area (Å²) in [5.41, 5.74) is 2.43. The topological polar surface area (TPSA) is 24.6 Å². The second kappa shape index (κ2) is 5.82. The van der Waals surface area contributed by atoms with Crippen LogP contribution in [0.25, 0.3) is 0 Å². The Morgan fingerprint density at radius 1 is 1.05 bits per heavy atom. The van der Waals surface area contributed by atoms with Crippen LogP contribution < -0.4 is 0 Å². The van der Waals surface area contributed by atoms with Gasteiger partial charge in [-0.25, -0.2) is 0 Å². The minimum atomic E-state index is -3.00. The first-order valence-corrected chi connectivity index (χ1v) is 12.9. The van der Waals surface area contributed by atoms with Crippen LogP contribution in [0.15, 0.2) is 35.4 Å². The molecule has 1 saturated carbocycles. The van der Waals surface area contributed by atoms with Gasteiger partial charge in [0.2, 0.25) is 0 Å². The molecule has 120 valence electrons. The molecule has 0 amide bonds. The first-order valence-electron chi connectivity index (χ1n) is 8.28. The van der Waals surface area contributed by atoms with Crippen molar-refractivity contribution in [1.82, 2.24) is 0 Å². The molecule has 5 heteroatoms. The number of benzene rings is 1. The van der Waals surface area contributed by atoms with Crippen LogP contribution in [0.2, 0.25) is 13.1 Å². The molecule has 0 saturated heterocycles. The number of rotatable bonds is 1. The molecule has 0 radical (unpaired) electrons. The molecule has 1 aromatic carbocycles. The zero-order chi connectivity index (χ0) is 15.7. The summed E-state index contributed by atoms with van der Waals surface area (Å²) in [6.45, 7) is 1.18. The van der Waals surface area contributed by atoms with Crippen molar-refractivity contribution < 1.29 is 9.11 Å². The Labute approximate surface area is 137 Å². The second-order valence-electron chi connectivity index (χ2n) is 7.26. The molecule has 1 aliphatic carbocycles. The molecule has 0 unspecified atom stereocenters. The number of hydrogen-bond acceptors (Lipinski definition) is 2.